The Morgan fingerprint density at radius 1 is 1.14 bits per heavy atom. The number of hydrogen-bond donors (Lipinski definition) is 1. The molecule has 1 aromatic rings. The zero-order valence-electron chi connectivity index (χ0n) is 7.83. The molecule has 0 radical (unpaired) electrons. The third kappa shape index (κ3) is 4.95. The molecule has 0 heterocycles. The van der Waals surface area contributed by atoms with Gasteiger partial charge < -0.3 is 18.1 Å². The summed E-state index contributed by atoms with van der Waals surface area (Å²) in [6.07, 6.45) is -0.357. The van der Waals surface area contributed by atoms with E-state index in [1.807, 2.05) is 0 Å². The van der Waals surface area contributed by atoms with Crippen molar-refractivity contribution < 1.29 is 69.4 Å². The summed E-state index contributed by atoms with van der Waals surface area (Å²) in [5.41, 5.74) is 0.495. The van der Waals surface area contributed by atoms with Crippen LogP contribution in [0.15, 0.2) is 30.3 Å². The van der Waals surface area contributed by atoms with E-state index < -0.39 is 13.0 Å². The van der Waals surface area contributed by atoms with Gasteiger partial charge in [0.1, 0.15) is 0 Å². The second-order valence-corrected chi connectivity index (χ2v) is 2.88. The van der Waals surface area contributed by atoms with Gasteiger partial charge >= 0.3 is 58.4 Å². The average Bonchev–Trinajstić information content (AvgIpc) is 2.04. The molecular formula is C8H9BF3KO. The van der Waals surface area contributed by atoms with E-state index in [1.165, 1.54) is 0 Å². The van der Waals surface area contributed by atoms with Gasteiger partial charge in [-0.2, -0.15) is 0 Å². The predicted octanol–water partition coefficient (Wildman–Crippen LogP) is -1.02. The number of halogens is 3. The Morgan fingerprint density at radius 3 is 2.07 bits per heavy atom. The van der Waals surface area contributed by atoms with Gasteiger partial charge in [0.25, 0.3) is 0 Å². The van der Waals surface area contributed by atoms with E-state index in [0.717, 1.165) is 0 Å². The number of rotatable bonds is 3. The number of hydrogen-bond acceptors (Lipinski definition) is 1. The molecule has 1 atom stereocenters. The number of aliphatic hydroxyl groups excluding tert-OH is 1. The van der Waals surface area contributed by atoms with E-state index >= 15 is 0 Å². The summed E-state index contributed by atoms with van der Waals surface area (Å²) in [6.45, 7) is -5.14. The van der Waals surface area contributed by atoms with Gasteiger partial charge in [0.15, 0.2) is 0 Å². The van der Waals surface area contributed by atoms with E-state index in [1.54, 1.807) is 30.3 Å². The molecule has 14 heavy (non-hydrogen) atoms. The fraction of sp³-hybridized carbons (Fsp3) is 0.250. The zero-order chi connectivity index (χ0) is 9.90. The normalized spacial score (nSPS) is 13.1. The zero-order valence-corrected chi connectivity index (χ0v) is 11.0. The second kappa shape index (κ2) is 6.30. The third-order valence-corrected chi connectivity index (χ3v) is 1.72. The molecule has 0 amide bonds. The molecule has 0 saturated carbocycles. The van der Waals surface area contributed by atoms with Crippen LogP contribution in [0.25, 0.3) is 0 Å². The maximum Gasteiger partial charge on any atom is 1.00 e. The molecule has 1 aromatic carbocycles. The fourth-order valence-electron chi connectivity index (χ4n) is 0.989. The van der Waals surface area contributed by atoms with Gasteiger partial charge in [-0.05, 0) is 12.0 Å². The van der Waals surface area contributed by atoms with Gasteiger partial charge in [-0.15, -0.1) is 0 Å². The largest absolute Gasteiger partial charge is 1.00 e. The SMILES string of the molecule is OC(Cc1ccccc1)[B-](F)(F)F.[K+]. The first kappa shape index (κ1) is 14.7. The summed E-state index contributed by atoms with van der Waals surface area (Å²) >= 11 is 0. The fourth-order valence-corrected chi connectivity index (χ4v) is 0.989. The first-order chi connectivity index (χ1) is 6.00. The molecule has 0 aliphatic heterocycles. The molecule has 0 aliphatic rings. The van der Waals surface area contributed by atoms with Gasteiger partial charge in [0.2, 0.25) is 0 Å². The Kier molecular flexibility index (Phi) is 6.60. The van der Waals surface area contributed by atoms with E-state index in [4.69, 9.17) is 5.11 Å². The molecule has 1 rings (SSSR count). The van der Waals surface area contributed by atoms with Crippen molar-refractivity contribution >= 4 is 6.98 Å². The van der Waals surface area contributed by atoms with Crippen molar-refractivity contribution in [1.29, 1.82) is 0 Å². The molecule has 0 saturated heterocycles. The van der Waals surface area contributed by atoms with Crippen molar-refractivity contribution in [2.75, 3.05) is 0 Å². The molecule has 6 heteroatoms. The Hall–Kier alpha value is 0.671. The van der Waals surface area contributed by atoms with Crippen LogP contribution < -0.4 is 51.4 Å². The van der Waals surface area contributed by atoms with Crippen molar-refractivity contribution in [2.24, 2.45) is 0 Å². The topological polar surface area (TPSA) is 20.2 Å². The van der Waals surface area contributed by atoms with Crippen LogP contribution in [-0.4, -0.2) is 18.1 Å². The van der Waals surface area contributed by atoms with Gasteiger partial charge in [-0.25, -0.2) is 0 Å². The van der Waals surface area contributed by atoms with Crippen molar-refractivity contribution in [2.45, 2.75) is 12.4 Å². The van der Waals surface area contributed by atoms with Gasteiger partial charge in [-0.1, -0.05) is 30.3 Å². The van der Waals surface area contributed by atoms with Crippen LogP contribution in [0.4, 0.5) is 12.9 Å². The standard InChI is InChI=1S/C8H9BF3O.K/c10-9(11,12)8(13)6-7-4-2-1-3-5-7;/h1-5,8,13H,6H2;/q-1;+1. The molecule has 0 aliphatic carbocycles. The molecule has 1 unspecified atom stereocenters. The van der Waals surface area contributed by atoms with Crippen molar-refractivity contribution in [1.82, 2.24) is 0 Å². The van der Waals surface area contributed by atoms with Gasteiger partial charge in [0.05, 0.1) is 0 Å². The summed E-state index contributed by atoms with van der Waals surface area (Å²) in [6, 6.07) is 5.92. The summed E-state index contributed by atoms with van der Waals surface area (Å²) in [5, 5.41) is 8.74. The summed E-state index contributed by atoms with van der Waals surface area (Å²) in [4.78, 5) is 0. The number of benzene rings is 1. The van der Waals surface area contributed by atoms with Crippen molar-refractivity contribution in [3.05, 3.63) is 35.9 Å². The molecular weight excluding hydrogens is 219 g/mol. The smallest absolute Gasteiger partial charge is 0.447 e. The van der Waals surface area contributed by atoms with Crippen molar-refractivity contribution in [3.63, 3.8) is 0 Å². The van der Waals surface area contributed by atoms with E-state index in [2.05, 4.69) is 0 Å². The average molecular weight is 228 g/mol. The molecule has 0 bridgehead atoms. The quantitative estimate of drug-likeness (QED) is 0.656. The third-order valence-electron chi connectivity index (χ3n) is 1.72. The van der Waals surface area contributed by atoms with Crippen LogP contribution in [0.5, 0.6) is 0 Å². The summed E-state index contributed by atoms with van der Waals surface area (Å²) in [5.74, 6) is 0. The van der Waals surface area contributed by atoms with Gasteiger partial charge in [0, 0.05) is 6.00 Å². The summed E-state index contributed by atoms with van der Waals surface area (Å²) < 4.78 is 35.8. The van der Waals surface area contributed by atoms with Crippen LogP contribution in [0, 0.1) is 0 Å². The van der Waals surface area contributed by atoms with Crippen LogP contribution in [0.1, 0.15) is 5.56 Å². The summed E-state index contributed by atoms with van der Waals surface area (Å²) in [7, 11) is 0. The first-order valence-electron chi connectivity index (χ1n) is 3.92. The maximum atomic E-state index is 11.9. The van der Waals surface area contributed by atoms with Gasteiger partial charge in [-0.3, -0.25) is 0 Å². The Labute approximate surface area is 123 Å². The van der Waals surface area contributed by atoms with E-state index in [-0.39, 0.29) is 57.8 Å². The minimum Gasteiger partial charge on any atom is -0.447 e. The van der Waals surface area contributed by atoms with Crippen LogP contribution >= 0.6 is 0 Å². The second-order valence-electron chi connectivity index (χ2n) is 2.88. The molecule has 72 valence electrons. The molecule has 0 spiro atoms. The van der Waals surface area contributed by atoms with E-state index in [9.17, 15) is 12.9 Å². The van der Waals surface area contributed by atoms with Crippen molar-refractivity contribution in [3.8, 4) is 0 Å². The Morgan fingerprint density at radius 2 is 1.64 bits per heavy atom. The van der Waals surface area contributed by atoms with Crippen LogP contribution in [0.3, 0.4) is 0 Å². The monoisotopic (exact) mass is 228 g/mol. The van der Waals surface area contributed by atoms with Crippen LogP contribution in [0.2, 0.25) is 0 Å². The minimum atomic E-state index is -5.14. The number of aliphatic hydroxyl groups is 1. The maximum absolute atomic E-state index is 11.9. The molecule has 0 fully saturated rings. The molecule has 1 N–H and O–H groups in total. The predicted molar refractivity (Wildman–Crippen MR) is 45.2 cm³/mol. The van der Waals surface area contributed by atoms with Crippen LogP contribution in [-0.2, 0) is 6.42 Å². The molecule has 0 aromatic heterocycles. The Balaban J connectivity index is 0.00000169. The molecule has 1 nitrogen and oxygen atoms in total. The van der Waals surface area contributed by atoms with E-state index in [0.29, 0.717) is 5.56 Å². The minimum absolute atomic E-state index is 0. The first-order valence-corrected chi connectivity index (χ1v) is 3.92. The Bertz CT molecular complexity index is 265.